The summed E-state index contributed by atoms with van der Waals surface area (Å²) in [6.45, 7) is 0.126. The lowest BCUT2D eigenvalue weighted by Crippen LogP contribution is -2.44. The fourth-order valence-electron chi connectivity index (χ4n) is 4.02. The van der Waals surface area contributed by atoms with E-state index in [1.165, 1.54) is 0 Å². The van der Waals surface area contributed by atoms with Crippen molar-refractivity contribution < 1.29 is 23.9 Å². The summed E-state index contributed by atoms with van der Waals surface area (Å²) in [6.07, 6.45) is 1.21. The SMILES string of the molecule is COc1ccccc1OCCNC(=O)CN1C(=O)N[C@@]2(CCc3ccccc32)C1=O. The van der Waals surface area contributed by atoms with Gasteiger partial charge in [0.1, 0.15) is 18.7 Å². The zero-order valence-corrected chi connectivity index (χ0v) is 16.6. The Hall–Kier alpha value is -3.55. The van der Waals surface area contributed by atoms with Crippen molar-refractivity contribution in [2.75, 3.05) is 26.8 Å². The van der Waals surface area contributed by atoms with Crippen LogP contribution >= 0.6 is 0 Å². The van der Waals surface area contributed by atoms with Crippen molar-refractivity contribution in [3.05, 3.63) is 59.7 Å². The zero-order valence-electron chi connectivity index (χ0n) is 16.6. The summed E-state index contributed by atoms with van der Waals surface area (Å²) in [5, 5.41) is 5.49. The number of fused-ring (bicyclic) bond motifs is 2. The third-order valence-electron chi connectivity index (χ3n) is 5.47. The summed E-state index contributed by atoms with van der Waals surface area (Å²) in [6, 6.07) is 14.2. The largest absolute Gasteiger partial charge is 0.493 e. The van der Waals surface area contributed by atoms with Crippen molar-refractivity contribution in [3.63, 3.8) is 0 Å². The van der Waals surface area contributed by atoms with E-state index in [9.17, 15) is 14.4 Å². The molecule has 1 atom stereocenters. The first-order valence-electron chi connectivity index (χ1n) is 9.80. The van der Waals surface area contributed by atoms with E-state index in [1.54, 1.807) is 19.2 Å². The molecule has 8 nitrogen and oxygen atoms in total. The molecule has 8 heteroatoms. The molecule has 2 aromatic carbocycles. The number of ether oxygens (including phenoxy) is 2. The van der Waals surface area contributed by atoms with Crippen LogP contribution in [0.5, 0.6) is 11.5 Å². The Morgan fingerprint density at radius 2 is 1.87 bits per heavy atom. The number of nitrogens with zero attached hydrogens (tertiary/aromatic N) is 1. The molecule has 1 saturated heterocycles. The second-order valence-corrected chi connectivity index (χ2v) is 7.23. The second kappa shape index (κ2) is 8.06. The molecular formula is C22H23N3O5. The highest BCUT2D eigenvalue weighted by atomic mass is 16.5. The molecule has 1 aliphatic carbocycles. The molecular weight excluding hydrogens is 386 g/mol. The van der Waals surface area contributed by atoms with Gasteiger partial charge in [-0.3, -0.25) is 14.5 Å². The van der Waals surface area contributed by atoms with Crippen LogP contribution in [0.3, 0.4) is 0 Å². The molecule has 4 amide bonds. The van der Waals surface area contributed by atoms with Crippen LogP contribution in [0.15, 0.2) is 48.5 Å². The van der Waals surface area contributed by atoms with Crippen LogP contribution < -0.4 is 20.1 Å². The molecule has 0 aromatic heterocycles. The van der Waals surface area contributed by atoms with E-state index in [2.05, 4.69) is 10.6 Å². The van der Waals surface area contributed by atoms with Gasteiger partial charge in [0.05, 0.1) is 13.7 Å². The number of carbonyl (C=O) groups is 3. The summed E-state index contributed by atoms with van der Waals surface area (Å²) in [5.41, 5.74) is 0.809. The normalized spacial score (nSPS) is 19.6. The lowest BCUT2D eigenvalue weighted by Gasteiger charge is -2.22. The topological polar surface area (TPSA) is 97.0 Å². The first-order chi connectivity index (χ1) is 14.5. The van der Waals surface area contributed by atoms with Crippen LogP contribution in [0.25, 0.3) is 0 Å². The smallest absolute Gasteiger partial charge is 0.325 e. The zero-order chi connectivity index (χ0) is 21.1. The van der Waals surface area contributed by atoms with Gasteiger partial charge in [0.25, 0.3) is 5.91 Å². The molecule has 0 unspecified atom stereocenters. The van der Waals surface area contributed by atoms with Crippen LogP contribution in [0.2, 0.25) is 0 Å². The minimum Gasteiger partial charge on any atom is -0.493 e. The number of imide groups is 1. The first-order valence-corrected chi connectivity index (χ1v) is 9.80. The van der Waals surface area contributed by atoms with Crippen LogP contribution in [0.4, 0.5) is 4.79 Å². The summed E-state index contributed by atoms with van der Waals surface area (Å²) >= 11 is 0. The molecule has 30 heavy (non-hydrogen) atoms. The van der Waals surface area contributed by atoms with Gasteiger partial charge in [0.15, 0.2) is 11.5 Å². The second-order valence-electron chi connectivity index (χ2n) is 7.23. The number of urea groups is 1. The summed E-state index contributed by atoms with van der Waals surface area (Å²) in [4.78, 5) is 38.8. The molecule has 0 bridgehead atoms. The molecule has 2 aromatic rings. The maximum absolute atomic E-state index is 13.0. The highest BCUT2D eigenvalue weighted by Gasteiger charge is 2.55. The van der Waals surface area contributed by atoms with Gasteiger partial charge in [-0.2, -0.15) is 0 Å². The Bertz CT molecular complexity index is 992. The molecule has 156 valence electrons. The molecule has 1 spiro atoms. The quantitative estimate of drug-likeness (QED) is 0.535. The Morgan fingerprint density at radius 3 is 2.67 bits per heavy atom. The van der Waals surface area contributed by atoms with Gasteiger partial charge in [0, 0.05) is 0 Å². The monoisotopic (exact) mass is 409 g/mol. The van der Waals surface area contributed by atoms with Gasteiger partial charge in [-0.25, -0.2) is 4.79 Å². The van der Waals surface area contributed by atoms with Crippen LogP contribution in [0, 0.1) is 0 Å². The maximum Gasteiger partial charge on any atom is 0.325 e. The van der Waals surface area contributed by atoms with E-state index in [0.29, 0.717) is 24.3 Å². The number of aryl methyl sites for hydroxylation is 1. The number of methoxy groups -OCH3 is 1. The van der Waals surface area contributed by atoms with Gasteiger partial charge in [-0.05, 0) is 36.1 Å². The summed E-state index contributed by atoms with van der Waals surface area (Å²) in [5.74, 6) is 0.374. The van der Waals surface area contributed by atoms with Crippen molar-refractivity contribution in [1.82, 2.24) is 15.5 Å². The molecule has 1 aliphatic heterocycles. The van der Waals surface area contributed by atoms with Gasteiger partial charge in [-0.1, -0.05) is 36.4 Å². The molecule has 1 fully saturated rings. The maximum atomic E-state index is 13.0. The molecule has 0 radical (unpaired) electrons. The van der Waals surface area contributed by atoms with E-state index >= 15 is 0 Å². The fourth-order valence-corrected chi connectivity index (χ4v) is 4.02. The van der Waals surface area contributed by atoms with E-state index in [-0.39, 0.29) is 25.6 Å². The molecule has 4 rings (SSSR count). The van der Waals surface area contributed by atoms with Gasteiger partial charge >= 0.3 is 6.03 Å². The number of amides is 4. The number of hydrogen-bond acceptors (Lipinski definition) is 5. The Kier molecular flexibility index (Phi) is 5.31. The van der Waals surface area contributed by atoms with Crippen molar-refractivity contribution in [3.8, 4) is 11.5 Å². The lowest BCUT2D eigenvalue weighted by molar-refractivity contribution is -0.135. The minimum atomic E-state index is -1.05. The Morgan fingerprint density at radius 1 is 1.13 bits per heavy atom. The number of rotatable bonds is 7. The van der Waals surface area contributed by atoms with E-state index in [0.717, 1.165) is 16.0 Å². The average Bonchev–Trinajstić information content (AvgIpc) is 3.25. The van der Waals surface area contributed by atoms with Crippen LogP contribution in [-0.4, -0.2) is 49.6 Å². The number of nitrogens with one attached hydrogen (secondary N) is 2. The standard InChI is InChI=1S/C22H23N3O5/c1-29-17-8-4-5-9-18(17)30-13-12-23-19(26)14-25-20(27)22(24-21(25)28)11-10-15-6-2-3-7-16(15)22/h2-9H,10-14H2,1H3,(H,23,26)(H,24,28)/t22-/m1/s1. The minimum absolute atomic E-state index is 0.226. The Balaban J connectivity index is 1.32. The average molecular weight is 409 g/mol. The summed E-state index contributed by atoms with van der Waals surface area (Å²) < 4.78 is 10.8. The lowest BCUT2D eigenvalue weighted by atomic mass is 9.92. The van der Waals surface area contributed by atoms with Gasteiger partial charge in [0.2, 0.25) is 5.91 Å². The van der Waals surface area contributed by atoms with Gasteiger partial charge < -0.3 is 20.1 Å². The first kappa shape index (κ1) is 19.8. The van der Waals surface area contributed by atoms with Gasteiger partial charge in [-0.15, -0.1) is 0 Å². The highest BCUT2D eigenvalue weighted by Crippen LogP contribution is 2.41. The number of hydrogen-bond donors (Lipinski definition) is 2. The third-order valence-corrected chi connectivity index (χ3v) is 5.47. The number of benzene rings is 2. The Labute approximate surface area is 174 Å². The van der Waals surface area contributed by atoms with Crippen molar-refractivity contribution in [1.29, 1.82) is 0 Å². The number of para-hydroxylation sites is 2. The van der Waals surface area contributed by atoms with Crippen molar-refractivity contribution in [2.45, 2.75) is 18.4 Å². The number of carbonyl (C=O) groups excluding carboxylic acids is 3. The third kappa shape index (κ3) is 3.45. The highest BCUT2D eigenvalue weighted by molar-refractivity contribution is 6.09. The molecule has 2 aliphatic rings. The molecule has 2 N–H and O–H groups in total. The molecule has 0 saturated carbocycles. The van der Waals surface area contributed by atoms with Crippen LogP contribution in [0.1, 0.15) is 17.5 Å². The van der Waals surface area contributed by atoms with Crippen molar-refractivity contribution >= 4 is 17.8 Å². The van der Waals surface area contributed by atoms with Crippen LogP contribution in [-0.2, 0) is 21.5 Å². The van der Waals surface area contributed by atoms with E-state index in [4.69, 9.17) is 9.47 Å². The summed E-state index contributed by atoms with van der Waals surface area (Å²) in [7, 11) is 1.55. The predicted molar refractivity (Wildman–Crippen MR) is 108 cm³/mol. The van der Waals surface area contributed by atoms with E-state index < -0.39 is 17.5 Å². The molecule has 1 heterocycles. The fraction of sp³-hybridized carbons (Fsp3) is 0.318. The predicted octanol–water partition coefficient (Wildman–Crippen LogP) is 1.58. The van der Waals surface area contributed by atoms with E-state index in [1.807, 2.05) is 36.4 Å². The van der Waals surface area contributed by atoms with Crippen molar-refractivity contribution in [2.24, 2.45) is 0 Å².